The normalized spacial score (nSPS) is 34.5. The maximum absolute atomic E-state index is 11.3. The Morgan fingerprint density at radius 3 is 1.95 bits per heavy atom. The average Bonchev–Trinajstić information content (AvgIpc) is 3.52. The number of aliphatic carboxylic acids is 1. The van der Waals surface area contributed by atoms with E-state index in [0.717, 1.165) is 5.56 Å². The Bertz CT molecular complexity index is 1170. The summed E-state index contributed by atoms with van der Waals surface area (Å²) in [5.74, 6) is -0.608. The molecule has 12 heteroatoms. The molecule has 3 heterocycles. The van der Waals surface area contributed by atoms with Crippen LogP contribution >= 0.6 is 0 Å². The molecule has 0 spiro atoms. The molecule has 9 unspecified atom stereocenters. The lowest BCUT2D eigenvalue weighted by Crippen LogP contribution is -2.61. The van der Waals surface area contributed by atoms with E-state index in [0.29, 0.717) is 30.3 Å². The SMILES string of the molecule is COc1ccc(C2OCC3C(c4ccc(OC5OC(C(=O)O)C(O)C(O)C5O)c(O)c4)OCC23)cc1OC. The highest BCUT2D eigenvalue weighted by Gasteiger charge is 2.49. The van der Waals surface area contributed by atoms with E-state index in [4.69, 9.17) is 28.4 Å². The first kappa shape index (κ1) is 26.5. The van der Waals surface area contributed by atoms with Gasteiger partial charge in [-0.15, -0.1) is 0 Å². The van der Waals surface area contributed by atoms with Crippen LogP contribution in [0.3, 0.4) is 0 Å². The Hall–Kier alpha value is -3.13. The average molecular weight is 535 g/mol. The topological polar surface area (TPSA) is 174 Å². The summed E-state index contributed by atoms with van der Waals surface area (Å²) in [6, 6.07) is 10.2. The van der Waals surface area contributed by atoms with Crippen molar-refractivity contribution < 1.29 is 58.7 Å². The van der Waals surface area contributed by atoms with E-state index in [-0.39, 0.29) is 35.5 Å². The van der Waals surface area contributed by atoms with E-state index in [1.165, 1.54) is 12.1 Å². The second kappa shape index (κ2) is 10.6. The van der Waals surface area contributed by atoms with Crippen molar-refractivity contribution in [2.75, 3.05) is 27.4 Å². The summed E-state index contributed by atoms with van der Waals surface area (Å²) in [5, 5.41) is 49.9. The van der Waals surface area contributed by atoms with Crippen LogP contribution in [-0.2, 0) is 19.0 Å². The number of methoxy groups -OCH3 is 2. The fourth-order valence-electron chi connectivity index (χ4n) is 5.35. The zero-order valence-corrected chi connectivity index (χ0v) is 20.7. The number of fused-ring (bicyclic) bond motifs is 1. The molecule has 3 aliphatic heterocycles. The van der Waals surface area contributed by atoms with Crippen LogP contribution in [0, 0.1) is 11.8 Å². The van der Waals surface area contributed by atoms with E-state index in [1.807, 2.05) is 18.2 Å². The Labute approximate surface area is 217 Å². The van der Waals surface area contributed by atoms with Crippen LogP contribution < -0.4 is 14.2 Å². The standard InChI is InChI=1S/C26H30O12/c1-33-17-6-4-12(8-18(17)34-2)23-14-10-35-22(13(14)9-36-23)11-3-5-16(15(27)7-11)37-26-21(30)19(28)20(29)24(38-26)25(31)32/h3-8,13-14,19-24,26-30H,9-10H2,1-2H3,(H,31,32). The number of phenols is 1. The van der Waals surface area contributed by atoms with Crippen LogP contribution in [-0.4, -0.2) is 89.6 Å². The number of aromatic hydroxyl groups is 1. The lowest BCUT2D eigenvalue weighted by Gasteiger charge is -2.38. The van der Waals surface area contributed by atoms with Crippen molar-refractivity contribution in [3.05, 3.63) is 47.5 Å². The Morgan fingerprint density at radius 2 is 1.39 bits per heavy atom. The van der Waals surface area contributed by atoms with Crippen molar-refractivity contribution in [2.45, 2.75) is 42.9 Å². The Balaban J connectivity index is 1.29. The van der Waals surface area contributed by atoms with Gasteiger partial charge in [-0.2, -0.15) is 0 Å². The molecule has 0 aromatic heterocycles. The fourth-order valence-corrected chi connectivity index (χ4v) is 5.35. The number of ether oxygens (including phenoxy) is 6. The first-order chi connectivity index (χ1) is 18.2. The molecule has 3 saturated heterocycles. The van der Waals surface area contributed by atoms with Crippen molar-refractivity contribution in [1.29, 1.82) is 0 Å². The van der Waals surface area contributed by atoms with Gasteiger partial charge >= 0.3 is 5.97 Å². The van der Waals surface area contributed by atoms with Crippen molar-refractivity contribution in [1.82, 2.24) is 0 Å². The molecular weight excluding hydrogens is 504 g/mol. The van der Waals surface area contributed by atoms with Crippen molar-refractivity contribution in [3.8, 4) is 23.0 Å². The molecule has 5 N–H and O–H groups in total. The highest BCUT2D eigenvalue weighted by Crippen LogP contribution is 2.51. The number of carboxylic acid groups (broad SMARTS) is 1. The molecule has 0 aliphatic carbocycles. The lowest BCUT2D eigenvalue weighted by atomic mass is 9.85. The molecule has 9 atom stereocenters. The van der Waals surface area contributed by atoms with Crippen molar-refractivity contribution >= 4 is 5.97 Å². The van der Waals surface area contributed by atoms with Gasteiger partial charge in [-0.25, -0.2) is 4.79 Å². The predicted molar refractivity (Wildman–Crippen MR) is 127 cm³/mol. The first-order valence-corrected chi connectivity index (χ1v) is 12.1. The molecule has 38 heavy (non-hydrogen) atoms. The molecule has 0 bridgehead atoms. The second-order valence-electron chi connectivity index (χ2n) is 9.53. The minimum Gasteiger partial charge on any atom is -0.504 e. The highest BCUT2D eigenvalue weighted by atomic mass is 16.7. The first-order valence-electron chi connectivity index (χ1n) is 12.1. The molecule has 0 amide bonds. The molecule has 2 aromatic carbocycles. The molecule has 2 aromatic rings. The number of aliphatic hydroxyl groups excluding tert-OH is 3. The number of aliphatic hydroxyl groups is 3. The molecule has 206 valence electrons. The summed E-state index contributed by atoms with van der Waals surface area (Å²) < 4.78 is 33.6. The number of phenolic OH excluding ortho intramolecular Hbond substituents is 1. The summed E-state index contributed by atoms with van der Waals surface area (Å²) in [6.07, 6.45) is -9.41. The molecule has 12 nitrogen and oxygen atoms in total. The minimum atomic E-state index is -1.85. The quantitative estimate of drug-likeness (QED) is 0.338. The number of carbonyl (C=O) groups is 1. The van der Waals surface area contributed by atoms with Gasteiger partial charge in [0.2, 0.25) is 6.29 Å². The van der Waals surface area contributed by atoms with Crippen molar-refractivity contribution in [3.63, 3.8) is 0 Å². The zero-order chi connectivity index (χ0) is 27.1. The third-order valence-corrected chi connectivity index (χ3v) is 7.37. The van der Waals surface area contributed by atoms with Crippen LogP contribution in [0.4, 0.5) is 0 Å². The summed E-state index contributed by atoms with van der Waals surface area (Å²) in [6.45, 7) is 0.901. The van der Waals surface area contributed by atoms with Gasteiger partial charge in [0.1, 0.15) is 18.3 Å². The van der Waals surface area contributed by atoms with Gasteiger partial charge in [-0.1, -0.05) is 12.1 Å². The van der Waals surface area contributed by atoms with Crippen LogP contribution in [0.15, 0.2) is 36.4 Å². The van der Waals surface area contributed by atoms with E-state index in [9.17, 15) is 30.3 Å². The van der Waals surface area contributed by atoms with E-state index in [1.54, 1.807) is 20.3 Å². The smallest absolute Gasteiger partial charge is 0.335 e. The van der Waals surface area contributed by atoms with Crippen LogP contribution in [0.5, 0.6) is 23.0 Å². The van der Waals surface area contributed by atoms with Crippen LogP contribution in [0.2, 0.25) is 0 Å². The van der Waals surface area contributed by atoms with Gasteiger partial charge < -0.3 is 54.0 Å². The van der Waals surface area contributed by atoms with Gasteiger partial charge in [-0.05, 0) is 35.4 Å². The fraction of sp³-hybridized carbons (Fsp3) is 0.500. The molecule has 5 rings (SSSR count). The summed E-state index contributed by atoms with van der Waals surface area (Å²) >= 11 is 0. The van der Waals surface area contributed by atoms with Gasteiger partial charge in [0, 0.05) is 11.8 Å². The van der Waals surface area contributed by atoms with E-state index in [2.05, 4.69) is 0 Å². The largest absolute Gasteiger partial charge is 0.504 e. The number of carboxylic acids is 1. The summed E-state index contributed by atoms with van der Waals surface area (Å²) in [5.41, 5.74) is 1.63. The maximum atomic E-state index is 11.3. The molecule has 3 aliphatic rings. The molecule has 3 fully saturated rings. The van der Waals surface area contributed by atoms with Crippen LogP contribution in [0.1, 0.15) is 23.3 Å². The monoisotopic (exact) mass is 534 g/mol. The number of hydrogen-bond donors (Lipinski definition) is 5. The Morgan fingerprint density at radius 1 is 0.816 bits per heavy atom. The predicted octanol–water partition coefficient (Wildman–Crippen LogP) is 0.756. The zero-order valence-electron chi connectivity index (χ0n) is 20.7. The Kier molecular flexibility index (Phi) is 7.36. The third kappa shape index (κ3) is 4.64. The summed E-state index contributed by atoms with van der Waals surface area (Å²) in [4.78, 5) is 11.3. The summed E-state index contributed by atoms with van der Waals surface area (Å²) in [7, 11) is 3.15. The van der Waals surface area contributed by atoms with Crippen LogP contribution in [0.25, 0.3) is 0 Å². The van der Waals surface area contributed by atoms with Gasteiger partial charge in [0.05, 0.1) is 39.6 Å². The lowest BCUT2D eigenvalue weighted by molar-refractivity contribution is -0.271. The second-order valence-corrected chi connectivity index (χ2v) is 9.53. The van der Waals surface area contributed by atoms with E-state index < -0.39 is 36.7 Å². The minimum absolute atomic E-state index is 0.0238. The van der Waals surface area contributed by atoms with Gasteiger partial charge in [0.25, 0.3) is 0 Å². The number of hydrogen-bond acceptors (Lipinski definition) is 11. The number of rotatable bonds is 7. The van der Waals surface area contributed by atoms with Gasteiger partial charge in [-0.3, -0.25) is 0 Å². The van der Waals surface area contributed by atoms with Crippen molar-refractivity contribution in [2.24, 2.45) is 11.8 Å². The molecule has 0 radical (unpaired) electrons. The molecular formula is C26H30O12. The highest BCUT2D eigenvalue weighted by molar-refractivity contribution is 5.73. The van der Waals surface area contributed by atoms with E-state index >= 15 is 0 Å². The number of benzene rings is 2. The maximum Gasteiger partial charge on any atom is 0.335 e. The third-order valence-electron chi connectivity index (χ3n) is 7.37. The molecule has 0 saturated carbocycles. The van der Waals surface area contributed by atoms with Gasteiger partial charge in [0.15, 0.2) is 29.1 Å².